The van der Waals surface area contributed by atoms with Crippen molar-refractivity contribution in [3.8, 4) is 11.5 Å². The number of ether oxygens (including phenoxy) is 3. The third-order valence-corrected chi connectivity index (χ3v) is 5.00. The van der Waals surface area contributed by atoms with Gasteiger partial charge in [-0.3, -0.25) is 4.99 Å². The Labute approximate surface area is 201 Å². The largest absolute Gasteiger partial charge is 0.493 e. The predicted molar refractivity (Wildman–Crippen MR) is 134 cm³/mol. The van der Waals surface area contributed by atoms with Crippen molar-refractivity contribution in [2.24, 2.45) is 4.99 Å². The molecule has 1 aromatic heterocycles. The lowest BCUT2D eigenvalue weighted by Crippen LogP contribution is -2.40. The summed E-state index contributed by atoms with van der Waals surface area (Å²) in [5.74, 6) is 3.24. The maximum absolute atomic E-state index is 5.46. The molecule has 0 spiro atoms. The average Bonchev–Trinajstić information content (AvgIpc) is 2.81. The molecule has 0 saturated carbocycles. The molecule has 8 nitrogen and oxygen atoms in total. The Kier molecular flexibility index (Phi) is 10.6. The standard InChI is InChI=1S/C22H31N5O3.HI/c1-23-22(25-10-8-17-6-7-19(28-2)20(15-17)29-3)26-16-18-5-4-9-24-21(18)27-11-13-30-14-12-27;/h4-7,9,15H,8,10-14,16H2,1-3H3,(H2,23,25,26);1H. The van der Waals surface area contributed by atoms with Gasteiger partial charge in [-0.15, -0.1) is 24.0 Å². The molecule has 0 unspecified atom stereocenters. The zero-order valence-corrected chi connectivity index (χ0v) is 20.7. The highest BCUT2D eigenvalue weighted by Crippen LogP contribution is 2.27. The van der Waals surface area contributed by atoms with Crippen LogP contribution in [0.15, 0.2) is 41.5 Å². The molecule has 1 aliphatic rings. The first kappa shape index (κ1) is 25.0. The molecule has 0 amide bonds. The van der Waals surface area contributed by atoms with Crippen LogP contribution in [0.2, 0.25) is 0 Å². The van der Waals surface area contributed by atoms with Crippen molar-refractivity contribution in [3.63, 3.8) is 0 Å². The number of aromatic nitrogens is 1. The molecule has 1 aliphatic heterocycles. The first-order valence-electron chi connectivity index (χ1n) is 10.2. The summed E-state index contributed by atoms with van der Waals surface area (Å²) in [6, 6.07) is 10.0. The molecule has 1 fully saturated rings. The number of morpholine rings is 1. The molecule has 0 bridgehead atoms. The van der Waals surface area contributed by atoms with Crippen LogP contribution >= 0.6 is 24.0 Å². The van der Waals surface area contributed by atoms with Crippen LogP contribution in [0.3, 0.4) is 0 Å². The summed E-state index contributed by atoms with van der Waals surface area (Å²) in [5, 5.41) is 6.75. The van der Waals surface area contributed by atoms with Crippen LogP contribution in [-0.2, 0) is 17.7 Å². The van der Waals surface area contributed by atoms with Gasteiger partial charge in [-0.1, -0.05) is 12.1 Å². The minimum absolute atomic E-state index is 0. The molecular weight excluding hydrogens is 509 g/mol. The van der Waals surface area contributed by atoms with E-state index in [4.69, 9.17) is 14.2 Å². The molecule has 0 aliphatic carbocycles. The van der Waals surface area contributed by atoms with Crippen LogP contribution in [0.4, 0.5) is 5.82 Å². The molecule has 31 heavy (non-hydrogen) atoms. The van der Waals surface area contributed by atoms with Crippen molar-refractivity contribution >= 4 is 35.8 Å². The minimum atomic E-state index is 0. The van der Waals surface area contributed by atoms with Gasteiger partial charge < -0.3 is 29.7 Å². The highest BCUT2D eigenvalue weighted by atomic mass is 127. The number of halogens is 1. The SMILES string of the molecule is CN=C(NCCc1ccc(OC)c(OC)c1)NCc1cccnc1N1CCOCC1.I. The van der Waals surface area contributed by atoms with Crippen LogP contribution in [0, 0.1) is 0 Å². The number of pyridine rings is 1. The van der Waals surface area contributed by atoms with E-state index in [2.05, 4.69) is 31.6 Å². The van der Waals surface area contributed by atoms with Crippen LogP contribution in [-0.4, -0.2) is 65.1 Å². The van der Waals surface area contributed by atoms with Crippen molar-refractivity contribution in [2.45, 2.75) is 13.0 Å². The quantitative estimate of drug-likeness (QED) is 0.302. The molecule has 1 aromatic carbocycles. The summed E-state index contributed by atoms with van der Waals surface area (Å²) in [6.45, 7) is 4.60. The van der Waals surface area contributed by atoms with Crippen LogP contribution < -0.4 is 25.0 Å². The Balaban J connectivity index is 0.00000341. The second-order valence-electron chi connectivity index (χ2n) is 6.88. The second kappa shape index (κ2) is 13.2. The van der Waals surface area contributed by atoms with Crippen LogP contribution in [0.25, 0.3) is 0 Å². The Hall–Kier alpha value is -2.27. The Morgan fingerprint density at radius 1 is 1.13 bits per heavy atom. The van der Waals surface area contributed by atoms with Gasteiger partial charge in [0.05, 0.1) is 27.4 Å². The van der Waals surface area contributed by atoms with Gasteiger partial charge in [0.2, 0.25) is 0 Å². The number of benzene rings is 1. The van der Waals surface area contributed by atoms with E-state index < -0.39 is 0 Å². The van der Waals surface area contributed by atoms with Crippen molar-refractivity contribution in [2.75, 3.05) is 59.0 Å². The van der Waals surface area contributed by atoms with Crippen LogP contribution in [0.1, 0.15) is 11.1 Å². The van der Waals surface area contributed by atoms with Gasteiger partial charge in [-0.2, -0.15) is 0 Å². The normalized spacial score (nSPS) is 13.9. The highest BCUT2D eigenvalue weighted by Gasteiger charge is 2.15. The molecule has 0 radical (unpaired) electrons. The van der Waals surface area contributed by atoms with E-state index in [0.29, 0.717) is 6.54 Å². The number of aliphatic imine (C=N–C) groups is 1. The van der Waals surface area contributed by atoms with Gasteiger partial charge in [0, 0.05) is 45.0 Å². The maximum Gasteiger partial charge on any atom is 0.191 e. The van der Waals surface area contributed by atoms with E-state index in [1.165, 1.54) is 0 Å². The van der Waals surface area contributed by atoms with E-state index in [1.807, 2.05) is 30.5 Å². The summed E-state index contributed by atoms with van der Waals surface area (Å²) in [5.41, 5.74) is 2.31. The van der Waals surface area contributed by atoms with Crippen molar-refractivity contribution < 1.29 is 14.2 Å². The van der Waals surface area contributed by atoms with Crippen molar-refractivity contribution in [1.29, 1.82) is 0 Å². The van der Waals surface area contributed by atoms with Crippen LogP contribution in [0.5, 0.6) is 11.5 Å². The van der Waals surface area contributed by atoms with E-state index in [0.717, 1.165) is 73.7 Å². The molecule has 2 aromatic rings. The third kappa shape index (κ3) is 7.13. The molecule has 0 atom stereocenters. The molecule has 2 heterocycles. The molecule has 3 rings (SSSR count). The fourth-order valence-electron chi connectivity index (χ4n) is 3.39. The number of nitrogens with zero attached hydrogens (tertiary/aromatic N) is 3. The first-order valence-corrected chi connectivity index (χ1v) is 10.2. The smallest absolute Gasteiger partial charge is 0.191 e. The number of nitrogens with one attached hydrogen (secondary N) is 2. The highest BCUT2D eigenvalue weighted by molar-refractivity contribution is 14.0. The fraction of sp³-hybridized carbons (Fsp3) is 0.455. The molecule has 170 valence electrons. The van der Waals surface area contributed by atoms with E-state index in [1.54, 1.807) is 21.3 Å². The lowest BCUT2D eigenvalue weighted by Gasteiger charge is -2.29. The maximum atomic E-state index is 5.46. The summed E-state index contributed by atoms with van der Waals surface area (Å²) in [7, 11) is 5.06. The average molecular weight is 541 g/mol. The van der Waals surface area contributed by atoms with Crippen molar-refractivity contribution in [1.82, 2.24) is 15.6 Å². The monoisotopic (exact) mass is 541 g/mol. The van der Waals surface area contributed by atoms with Gasteiger partial charge in [-0.25, -0.2) is 4.98 Å². The minimum Gasteiger partial charge on any atom is -0.493 e. The summed E-state index contributed by atoms with van der Waals surface area (Å²) >= 11 is 0. The van der Waals surface area contributed by atoms with E-state index in [9.17, 15) is 0 Å². The number of anilines is 1. The van der Waals surface area contributed by atoms with E-state index >= 15 is 0 Å². The summed E-state index contributed by atoms with van der Waals surface area (Å²) < 4.78 is 16.1. The zero-order valence-electron chi connectivity index (χ0n) is 18.4. The third-order valence-electron chi connectivity index (χ3n) is 5.00. The Morgan fingerprint density at radius 2 is 1.90 bits per heavy atom. The van der Waals surface area contributed by atoms with Gasteiger partial charge in [0.15, 0.2) is 17.5 Å². The molecule has 9 heteroatoms. The fourth-order valence-corrected chi connectivity index (χ4v) is 3.39. The molecular formula is C22H32IN5O3. The Morgan fingerprint density at radius 3 is 2.61 bits per heavy atom. The summed E-state index contributed by atoms with van der Waals surface area (Å²) in [4.78, 5) is 11.2. The first-order chi connectivity index (χ1) is 14.7. The lowest BCUT2D eigenvalue weighted by molar-refractivity contribution is 0.122. The van der Waals surface area contributed by atoms with Gasteiger partial charge in [0.25, 0.3) is 0 Å². The van der Waals surface area contributed by atoms with E-state index in [-0.39, 0.29) is 24.0 Å². The number of guanidine groups is 1. The zero-order chi connectivity index (χ0) is 21.2. The summed E-state index contributed by atoms with van der Waals surface area (Å²) in [6.07, 6.45) is 2.68. The lowest BCUT2D eigenvalue weighted by atomic mass is 10.1. The number of hydrogen-bond acceptors (Lipinski definition) is 6. The predicted octanol–water partition coefficient (Wildman–Crippen LogP) is 2.46. The molecule has 1 saturated heterocycles. The number of methoxy groups -OCH3 is 2. The topological polar surface area (TPSA) is 80.2 Å². The van der Waals surface area contributed by atoms with Gasteiger partial charge in [-0.05, 0) is 30.2 Å². The Bertz CT molecular complexity index is 844. The van der Waals surface area contributed by atoms with Gasteiger partial charge in [0.1, 0.15) is 5.82 Å². The van der Waals surface area contributed by atoms with Gasteiger partial charge >= 0.3 is 0 Å². The molecule has 2 N–H and O–H groups in total. The number of hydrogen-bond donors (Lipinski definition) is 2. The second-order valence-corrected chi connectivity index (χ2v) is 6.88. The number of rotatable bonds is 8. The van der Waals surface area contributed by atoms with Crippen molar-refractivity contribution in [3.05, 3.63) is 47.7 Å².